The number of hydrogen-bond acceptors (Lipinski definition) is 3. The topological polar surface area (TPSA) is 46.5 Å². The van der Waals surface area contributed by atoms with Crippen LogP contribution in [0.25, 0.3) is 0 Å². The van der Waals surface area contributed by atoms with Crippen LogP contribution in [0.2, 0.25) is 0 Å². The van der Waals surface area contributed by atoms with E-state index in [1.54, 1.807) is 12.1 Å². The van der Waals surface area contributed by atoms with Gasteiger partial charge < -0.3 is 9.84 Å². The minimum atomic E-state index is -0.209. The Bertz CT molecular complexity index is 582. The van der Waals surface area contributed by atoms with Gasteiger partial charge in [0.15, 0.2) is 0 Å². The van der Waals surface area contributed by atoms with Crippen molar-refractivity contribution in [3.8, 4) is 11.5 Å². The maximum absolute atomic E-state index is 12.4. The van der Waals surface area contributed by atoms with E-state index in [1.807, 2.05) is 34.6 Å². The van der Waals surface area contributed by atoms with Gasteiger partial charge in [-0.25, -0.2) is 0 Å². The minimum absolute atomic E-state index is 0.104. The highest BCUT2D eigenvalue weighted by Gasteiger charge is 2.22. The van der Waals surface area contributed by atoms with Crippen LogP contribution in [0.5, 0.6) is 11.5 Å². The van der Waals surface area contributed by atoms with E-state index in [0.717, 1.165) is 29.9 Å². The third-order valence-electron chi connectivity index (χ3n) is 4.87. The van der Waals surface area contributed by atoms with Gasteiger partial charge in [-0.15, -0.1) is 0 Å². The monoisotopic (exact) mass is 362 g/mol. The van der Waals surface area contributed by atoms with Gasteiger partial charge in [-0.3, -0.25) is 4.79 Å². The Kier molecular flexibility index (Phi) is 8.66. The number of rotatable bonds is 9. The third-order valence-corrected chi connectivity index (χ3v) is 4.87. The molecular formula is C23H38O3. The molecule has 0 spiro atoms. The van der Waals surface area contributed by atoms with Crippen LogP contribution in [0.3, 0.4) is 0 Å². The second kappa shape index (κ2) is 9.99. The smallest absolute Gasteiger partial charge is 0.314 e. The quantitative estimate of drug-likeness (QED) is 0.308. The summed E-state index contributed by atoms with van der Waals surface area (Å²) in [6, 6.07) is 3.53. The summed E-state index contributed by atoms with van der Waals surface area (Å²) in [6.07, 6.45) is 6.91. The summed E-state index contributed by atoms with van der Waals surface area (Å²) >= 11 is 0. The van der Waals surface area contributed by atoms with Gasteiger partial charge in [0.1, 0.15) is 11.5 Å². The molecule has 0 aliphatic carbocycles. The molecule has 0 amide bonds. The van der Waals surface area contributed by atoms with Crippen molar-refractivity contribution >= 4 is 5.97 Å². The van der Waals surface area contributed by atoms with Gasteiger partial charge in [-0.1, -0.05) is 73.6 Å². The van der Waals surface area contributed by atoms with Crippen molar-refractivity contribution in [2.75, 3.05) is 0 Å². The minimum Gasteiger partial charge on any atom is -0.507 e. The number of hydrogen-bond donors (Lipinski definition) is 1. The predicted molar refractivity (Wildman–Crippen MR) is 109 cm³/mol. The maximum Gasteiger partial charge on any atom is 0.314 e. The lowest BCUT2D eigenvalue weighted by atomic mass is 9.85. The van der Waals surface area contributed by atoms with Crippen molar-refractivity contribution in [1.82, 2.24) is 0 Å². The fraction of sp³-hybridized carbons (Fsp3) is 0.696. The molecular weight excluding hydrogens is 324 g/mol. The van der Waals surface area contributed by atoms with Crippen molar-refractivity contribution in [3.63, 3.8) is 0 Å². The van der Waals surface area contributed by atoms with E-state index in [4.69, 9.17) is 4.74 Å². The summed E-state index contributed by atoms with van der Waals surface area (Å²) in [5.41, 5.74) is 1.33. The van der Waals surface area contributed by atoms with Gasteiger partial charge in [-0.05, 0) is 42.4 Å². The van der Waals surface area contributed by atoms with Gasteiger partial charge in [0.25, 0.3) is 0 Å². The first-order valence-electron chi connectivity index (χ1n) is 10.1. The Labute approximate surface area is 160 Å². The zero-order valence-electron chi connectivity index (χ0n) is 17.8. The van der Waals surface area contributed by atoms with E-state index >= 15 is 0 Å². The van der Waals surface area contributed by atoms with Crippen LogP contribution in [-0.4, -0.2) is 11.1 Å². The van der Waals surface area contributed by atoms with E-state index in [0.29, 0.717) is 5.75 Å². The number of ether oxygens (including phenoxy) is 1. The van der Waals surface area contributed by atoms with Crippen molar-refractivity contribution in [2.45, 2.75) is 92.4 Å². The number of benzene rings is 1. The molecule has 1 unspecified atom stereocenters. The normalized spacial score (nSPS) is 13.1. The number of carbonyl (C=O) groups excluding carboxylic acids is 1. The molecule has 0 aromatic heterocycles. The Morgan fingerprint density at radius 2 is 1.62 bits per heavy atom. The molecule has 1 rings (SSSR count). The molecule has 3 nitrogen and oxygen atoms in total. The number of unbranched alkanes of at least 4 members (excludes halogenated alkanes) is 3. The highest BCUT2D eigenvalue weighted by atomic mass is 16.5. The van der Waals surface area contributed by atoms with Crippen molar-refractivity contribution < 1.29 is 14.6 Å². The number of aromatic hydroxyl groups is 1. The predicted octanol–water partition coefficient (Wildman–Crippen LogP) is 6.54. The molecule has 0 saturated heterocycles. The first-order valence-corrected chi connectivity index (χ1v) is 10.1. The second-order valence-corrected chi connectivity index (χ2v) is 9.09. The van der Waals surface area contributed by atoms with Gasteiger partial charge >= 0.3 is 5.97 Å². The summed E-state index contributed by atoms with van der Waals surface area (Å²) in [6.45, 7) is 14.4. The molecule has 0 aliphatic heterocycles. The van der Waals surface area contributed by atoms with Crippen molar-refractivity contribution in [1.29, 1.82) is 0 Å². The van der Waals surface area contributed by atoms with Crippen LogP contribution in [0.4, 0.5) is 0 Å². The number of phenols is 1. The molecule has 1 atom stereocenters. The third kappa shape index (κ3) is 7.39. The molecule has 3 heteroatoms. The molecule has 148 valence electrons. The molecule has 0 bridgehead atoms. The fourth-order valence-corrected chi connectivity index (χ4v) is 3.07. The highest BCUT2D eigenvalue weighted by molar-refractivity contribution is 5.75. The van der Waals surface area contributed by atoms with E-state index in [-0.39, 0.29) is 23.1 Å². The van der Waals surface area contributed by atoms with Gasteiger partial charge in [0.2, 0.25) is 0 Å². The van der Waals surface area contributed by atoms with Crippen LogP contribution in [0.1, 0.15) is 91.2 Å². The summed E-state index contributed by atoms with van der Waals surface area (Å²) < 4.78 is 5.61. The van der Waals surface area contributed by atoms with Crippen LogP contribution in [-0.2, 0) is 10.2 Å². The molecule has 1 N–H and O–H groups in total. The Balaban J connectivity index is 2.55. The molecule has 0 heterocycles. The SMILES string of the molecule is Cc1cc(OC(=O)C(C)CCCCCCC(C)C)cc(C(C)(C)C)c1O. The summed E-state index contributed by atoms with van der Waals surface area (Å²) in [5, 5.41) is 10.3. The van der Waals surface area contributed by atoms with Crippen LogP contribution in [0.15, 0.2) is 12.1 Å². The Morgan fingerprint density at radius 1 is 1.04 bits per heavy atom. The van der Waals surface area contributed by atoms with E-state index in [1.165, 1.54) is 25.7 Å². The largest absolute Gasteiger partial charge is 0.507 e. The second-order valence-electron chi connectivity index (χ2n) is 9.09. The first kappa shape index (κ1) is 22.5. The fourth-order valence-electron chi connectivity index (χ4n) is 3.07. The summed E-state index contributed by atoms with van der Waals surface area (Å²) in [4.78, 5) is 12.4. The van der Waals surface area contributed by atoms with E-state index in [9.17, 15) is 9.90 Å². The van der Waals surface area contributed by atoms with Gasteiger partial charge in [0, 0.05) is 5.56 Å². The lowest BCUT2D eigenvalue weighted by Gasteiger charge is -2.22. The van der Waals surface area contributed by atoms with Crippen molar-refractivity contribution in [3.05, 3.63) is 23.3 Å². The maximum atomic E-state index is 12.4. The zero-order valence-corrected chi connectivity index (χ0v) is 17.8. The standard InChI is InChI=1S/C23H38O3/c1-16(2)12-10-8-9-11-13-17(3)22(25)26-19-14-18(4)21(24)20(15-19)23(5,6)7/h14-17,24H,8-13H2,1-7H3. The van der Waals surface area contributed by atoms with Crippen LogP contribution < -0.4 is 4.74 Å². The Hall–Kier alpha value is -1.51. The first-order chi connectivity index (χ1) is 12.0. The van der Waals surface area contributed by atoms with E-state index in [2.05, 4.69) is 13.8 Å². The molecule has 0 fully saturated rings. The zero-order chi connectivity index (χ0) is 19.9. The van der Waals surface area contributed by atoms with Crippen molar-refractivity contribution in [2.24, 2.45) is 11.8 Å². The van der Waals surface area contributed by atoms with Crippen LogP contribution in [0, 0.1) is 18.8 Å². The summed E-state index contributed by atoms with van der Waals surface area (Å²) in [5.74, 6) is 1.30. The van der Waals surface area contributed by atoms with Crippen LogP contribution >= 0.6 is 0 Å². The van der Waals surface area contributed by atoms with Gasteiger partial charge in [-0.2, -0.15) is 0 Å². The Morgan fingerprint density at radius 3 is 2.15 bits per heavy atom. The number of phenolic OH excluding ortho intramolecular Hbond substituents is 1. The highest BCUT2D eigenvalue weighted by Crippen LogP contribution is 2.36. The van der Waals surface area contributed by atoms with Gasteiger partial charge in [0.05, 0.1) is 5.92 Å². The molecule has 0 saturated carbocycles. The lowest BCUT2D eigenvalue weighted by Crippen LogP contribution is -2.19. The molecule has 0 radical (unpaired) electrons. The average Bonchev–Trinajstić information content (AvgIpc) is 2.52. The number of carbonyl (C=O) groups is 1. The number of aryl methyl sites for hydroxylation is 1. The van der Waals surface area contributed by atoms with E-state index < -0.39 is 0 Å². The molecule has 1 aromatic carbocycles. The summed E-state index contributed by atoms with van der Waals surface area (Å²) in [7, 11) is 0. The molecule has 1 aromatic rings. The lowest BCUT2D eigenvalue weighted by molar-refractivity contribution is -0.138. The molecule has 0 aliphatic rings. The number of esters is 1. The average molecular weight is 363 g/mol. The molecule has 26 heavy (non-hydrogen) atoms.